The molecule has 1 N–H and O–H groups in total. The van der Waals surface area contributed by atoms with Gasteiger partial charge in [0.1, 0.15) is 5.82 Å². The third-order valence-corrected chi connectivity index (χ3v) is 4.39. The van der Waals surface area contributed by atoms with Gasteiger partial charge in [-0.2, -0.15) is 0 Å². The van der Waals surface area contributed by atoms with Crippen LogP contribution in [-0.2, 0) is 20.0 Å². The predicted molar refractivity (Wildman–Crippen MR) is 92.6 cm³/mol. The van der Waals surface area contributed by atoms with E-state index in [2.05, 4.69) is 10.3 Å². The fraction of sp³-hybridized carbons (Fsp3) is 0.263. The van der Waals surface area contributed by atoms with Gasteiger partial charge in [0.25, 0.3) is 12.3 Å². The number of alkyl halides is 2. The molecule has 0 unspecified atom stereocenters. The van der Waals surface area contributed by atoms with Gasteiger partial charge in [0, 0.05) is 24.7 Å². The fourth-order valence-corrected chi connectivity index (χ4v) is 3.01. The first kappa shape index (κ1) is 18.0. The van der Waals surface area contributed by atoms with Crippen LogP contribution in [0.4, 0.5) is 13.2 Å². The summed E-state index contributed by atoms with van der Waals surface area (Å²) in [5.74, 6) is -1.61. The van der Waals surface area contributed by atoms with Crippen molar-refractivity contribution in [2.24, 2.45) is 7.05 Å². The van der Waals surface area contributed by atoms with Crippen LogP contribution in [0.3, 0.4) is 0 Å². The maximum atomic E-state index is 13.7. The van der Waals surface area contributed by atoms with Crippen molar-refractivity contribution < 1.29 is 18.0 Å². The average molecular weight is 361 g/mol. The smallest absolute Gasteiger partial charge is 0.266 e. The molecule has 0 aliphatic carbocycles. The number of carbonyl (C=O) groups is 1. The van der Waals surface area contributed by atoms with Gasteiger partial charge in [-0.3, -0.25) is 4.79 Å². The molecule has 0 spiro atoms. The molecule has 0 atom stereocenters. The Morgan fingerprint density at radius 1 is 1.27 bits per heavy atom. The Balaban J connectivity index is 1.85. The first-order valence-electron chi connectivity index (χ1n) is 8.20. The molecule has 1 amide bonds. The number of nitrogens with one attached hydrogen (secondary N) is 1. The second-order valence-electron chi connectivity index (χ2n) is 6.00. The van der Waals surface area contributed by atoms with E-state index in [0.717, 1.165) is 40.7 Å². The highest BCUT2D eigenvalue weighted by molar-refractivity contribution is 5.94. The van der Waals surface area contributed by atoms with Crippen LogP contribution in [0.25, 0.3) is 11.0 Å². The van der Waals surface area contributed by atoms with E-state index in [1.54, 1.807) is 6.33 Å². The molecule has 4 nitrogen and oxygen atoms in total. The lowest BCUT2D eigenvalue weighted by atomic mass is 10.0. The number of amides is 1. The van der Waals surface area contributed by atoms with Gasteiger partial charge < -0.3 is 9.88 Å². The molecule has 3 rings (SSSR count). The van der Waals surface area contributed by atoms with Gasteiger partial charge in [-0.15, -0.1) is 0 Å². The molecule has 1 aromatic heterocycles. The van der Waals surface area contributed by atoms with E-state index >= 15 is 0 Å². The number of carbonyl (C=O) groups excluding carboxylic acids is 1. The number of nitrogens with zero attached hydrogens (tertiary/aromatic N) is 2. The van der Waals surface area contributed by atoms with E-state index in [1.807, 2.05) is 30.7 Å². The summed E-state index contributed by atoms with van der Waals surface area (Å²) in [5, 5.41) is 2.74. The van der Waals surface area contributed by atoms with Crippen LogP contribution >= 0.6 is 0 Å². The lowest BCUT2D eigenvalue weighted by molar-refractivity contribution is 0.0949. The van der Waals surface area contributed by atoms with Gasteiger partial charge in [0.05, 0.1) is 22.9 Å². The van der Waals surface area contributed by atoms with Crippen LogP contribution in [0, 0.1) is 5.82 Å². The minimum Gasteiger partial charge on any atom is -0.348 e. The first-order valence-corrected chi connectivity index (χ1v) is 8.20. The number of hydrogen-bond donors (Lipinski definition) is 1. The summed E-state index contributed by atoms with van der Waals surface area (Å²) >= 11 is 0. The number of halogens is 3. The summed E-state index contributed by atoms with van der Waals surface area (Å²) in [4.78, 5) is 16.6. The summed E-state index contributed by atoms with van der Waals surface area (Å²) < 4.78 is 40.8. The second kappa shape index (κ2) is 7.19. The van der Waals surface area contributed by atoms with Gasteiger partial charge in [-0.05, 0) is 36.2 Å². The minimum absolute atomic E-state index is 0.00197. The molecule has 3 aromatic rings. The zero-order valence-corrected chi connectivity index (χ0v) is 14.4. The highest BCUT2D eigenvalue weighted by Crippen LogP contribution is 2.24. The molecule has 0 fully saturated rings. The van der Waals surface area contributed by atoms with Crippen LogP contribution in [-0.4, -0.2) is 15.5 Å². The zero-order valence-electron chi connectivity index (χ0n) is 14.4. The van der Waals surface area contributed by atoms with Crippen molar-refractivity contribution in [2.45, 2.75) is 26.3 Å². The normalized spacial score (nSPS) is 11.3. The first-order chi connectivity index (χ1) is 12.4. The molecule has 0 radical (unpaired) electrons. The highest BCUT2D eigenvalue weighted by atomic mass is 19.3. The molecule has 2 aromatic carbocycles. The number of fused-ring (bicyclic) bond motifs is 1. The topological polar surface area (TPSA) is 46.9 Å². The van der Waals surface area contributed by atoms with E-state index in [4.69, 9.17) is 0 Å². The van der Waals surface area contributed by atoms with Gasteiger partial charge in [0.2, 0.25) is 0 Å². The lowest BCUT2D eigenvalue weighted by Crippen LogP contribution is -2.24. The molecule has 136 valence electrons. The molecule has 1 heterocycles. The lowest BCUT2D eigenvalue weighted by Gasteiger charge is -2.13. The van der Waals surface area contributed by atoms with Crippen molar-refractivity contribution in [2.75, 3.05) is 0 Å². The quantitative estimate of drug-likeness (QED) is 0.742. The summed E-state index contributed by atoms with van der Waals surface area (Å²) in [6.45, 7) is 2.25. The van der Waals surface area contributed by atoms with Gasteiger partial charge in [0.15, 0.2) is 0 Å². The number of imidazole rings is 1. The van der Waals surface area contributed by atoms with Crippen molar-refractivity contribution in [1.29, 1.82) is 0 Å². The van der Waals surface area contributed by atoms with Crippen molar-refractivity contribution in [3.05, 3.63) is 64.7 Å². The van der Waals surface area contributed by atoms with E-state index in [9.17, 15) is 18.0 Å². The van der Waals surface area contributed by atoms with Crippen molar-refractivity contribution >= 4 is 16.9 Å². The summed E-state index contributed by atoms with van der Waals surface area (Å²) in [6, 6.07) is 6.87. The Morgan fingerprint density at radius 2 is 2.04 bits per heavy atom. The number of rotatable bonds is 5. The Morgan fingerprint density at radius 3 is 2.69 bits per heavy atom. The number of hydrogen-bond acceptors (Lipinski definition) is 2. The SMILES string of the molecule is CCc1ccc2ncn(C)c2c1CNC(=O)c1ccc(C(F)F)c(F)c1. The molecule has 7 heteroatoms. The summed E-state index contributed by atoms with van der Waals surface area (Å²) in [7, 11) is 1.87. The number of benzene rings is 2. The van der Waals surface area contributed by atoms with Crippen LogP contribution in [0.2, 0.25) is 0 Å². The van der Waals surface area contributed by atoms with E-state index in [1.165, 1.54) is 6.07 Å². The number of aromatic nitrogens is 2. The molecule has 0 aliphatic heterocycles. The molecule has 0 saturated carbocycles. The maximum absolute atomic E-state index is 13.7. The summed E-state index contributed by atoms with van der Waals surface area (Å²) in [6.07, 6.45) is -0.431. The monoisotopic (exact) mass is 361 g/mol. The van der Waals surface area contributed by atoms with Crippen LogP contribution < -0.4 is 5.32 Å². The maximum Gasteiger partial charge on any atom is 0.266 e. The molecular weight excluding hydrogens is 343 g/mol. The van der Waals surface area contributed by atoms with Gasteiger partial charge in [-0.25, -0.2) is 18.2 Å². The van der Waals surface area contributed by atoms with Crippen molar-refractivity contribution in [3.63, 3.8) is 0 Å². The molecular formula is C19H18F3N3O. The van der Waals surface area contributed by atoms with Crippen molar-refractivity contribution in [3.8, 4) is 0 Å². The van der Waals surface area contributed by atoms with Crippen molar-refractivity contribution in [1.82, 2.24) is 14.9 Å². The van der Waals surface area contributed by atoms with Crippen LogP contribution in [0.1, 0.15) is 40.4 Å². The Bertz CT molecular complexity index is 966. The molecule has 26 heavy (non-hydrogen) atoms. The number of aryl methyl sites for hydroxylation is 2. The van der Waals surface area contributed by atoms with E-state index < -0.39 is 23.7 Å². The Hall–Kier alpha value is -2.83. The highest BCUT2D eigenvalue weighted by Gasteiger charge is 2.17. The van der Waals surface area contributed by atoms with E-state index in [-0.39, 0.29) is 12.1 Å². The van der Waals surface area contributed by atoms with Crippen LogP contribution in [0.5, 0.6) is 0 Å². The molecule has 0 aliphatic rings. The standard InChI is InChI=1S/C19H18F3N3O/c1-3-11-5-7-16-17(25(2)10-24-16)14(11)9-23-19(26)12-4-6-13(18(21)22)15(20)8-12/h4-8,10,18H,3,9H2,1-2H3,(H,23,26). The van der Waals surface area contributed by atoms with E-state index in [0.29, 0.717) is 0 Å². The van der Waals surface area contributed by atoms with Gasteiger partial charge >= 0.3 is 0 Å². The second-order valence-corrected chi connectivity index (χ2v) is 6.00. The van der Waals surface area contributed by atoms with Gasteiger partial charge in [-0.1, -0.05) is 13.0 Å². The molecule has 0 bridgehead atoms. The fourth-order valence-electron chi connectivity index (χ4n) is 3.01. The molecule has 0 saturated heterocycles. The largest absolute Gasteiger partial charge is 0.348 e. The Kier molecular flexibility index (Phi) is 4.97. The zero-order chi connectivity index (χ0) is 18.8. The van der Waals surface area contributed by atoms with Crippen LogP contribution in [0.15, 0.2) is 36.7 Å². The summed E-state index contributed by atoms with van der Waals surface area (Å²) in [5.41, 5.74) is 3.03. The predicted octanol–water partition coefficient (Wildman–Crippen LogP) is 4.14. The minimum atomic E-state index is -2.92. The third kappa shape index (κ3) is 3.29. The third-order valence-electron chi connectivity index (χ3n) is 4.39. The average Bonchev–Trinajstić information content (AvgIpc) is 3.00. The Labute approximate surface area is 148 Å².